The normalized spacial score (nSPS) is 9.33. The quantitative estimate of drug-likeness (QED) is 0.301. The highest BCUT2D eigenvalue weighted by molar-refractivity contribution is 8.13. The summed E-state index contributed by atoms with van der Waals surface area (Å²) in [6.45, 7) is 0. The molecular weight excluding hydrogens is 136 g/mol. The van der Waals surface area contributed by atoms with Gasteiger partial charge in [-0.15, -0.1) is 0 Å². The summed E-state index contributed by atoms with van der Waals surface area (Å²) in [6, 6.07) is 0. The first kappa shape index (κ1) is 6.15. The molecule has 0 spiro atoms. The maximum Gasteiger partial charge on any atom is 0.173 e. The fourth-order valence-electron chi connectivity index (χ4n) is 0.411. The summed E-state index contributed by atoms with van der Waals surface area (Å²) < 4.78 is 0. The second-order valence-electron chi connectivity index (χ2n) is 1.36. The fourth-order valence-corrected chi connectivity index (χ4v) is 0.860. The van der Waals surface area contributed by atoms with Crippen LogP contribution in [0.2, 0.25) is 0 Å². The van der Waals surface area contributed by atoms with Crippen molar-refractivity contribution in [2.45, 2.75) is 5.16 Å². The van der Waals surface area contributed by atoms with E-state index in [9.17, 15) is 0 Å². The zero-order chi connectivity index (χ0) is 6.69. The summed E-state index contributed by atoms with van der Waals surface area (Å²) in [7, 11) is 0. The van der Waals surface area contributed by atoms with Crippen LogP contribution in [0.25, 0.3) is 0 Å². The van der Waals surface area contributed by atoms with Crippen molar-refractivity contribution < 1.29 is 0 Å². The predicted molar refractivity (Wildman–Crippen MR) is 36.4 cm³/mol. The van der Waals surface area contributed by atoms with Crippen LogP contribution in [0.4, 0.5) is 0 Å². The molecule has 4 N–H and O–H groups in total. The first-order chi connectivity index (χ1) is 4.29. The van der Waals surface area contributed by atoms with Gasteiger partial charge >= 0.3 is 0 Å². The van der Waals surface area contributed by atoms with Crippen LogP contribution in [-0.4, -0.2) is 15.1 Å². The molecule has 5 heteroatoms. The lowest BCUT2D eigenvalue weighted by molar-refractivity contribution is 1.07. The number of rotatable bonds is 1. The molecule has 0 bridgehead atoms. The molecule has 1 aromatic heterocycles. The lowest BCUT2D eigenvalue weighted by Gasteiger charge is -1.88. The highest BCUT2D eigenvalue weighted by Gasteiger charge is 1.94. The second kappa shape index (κ2) is 2.54. The maximum absolute atomic E-state index is 6.85. The van der Waals surface area contributed by atoms with Crippen molar-refractivity contribution in [1.82, 2.24) is 9.97 Å². The van der Waals surface area contributed by atoms with Gasteiger partial charge in [0, 0.05) is 12.4 Å². The summed E-state index contributed by atoms with van der Waals surface area (Å²) >= 11 is 1.10. The molecule has 0 aliphatic heterocycles. The third kappa shape index (κ3) is 1.77. The average molecular weight is 142 g/mol. The van der Waals surface area contributed by atoms with Crippen LogP contribution in [0.3, 0.4) is 0 Å². The fraction of sp³-hybridized carbons (Fsp3) is 0. The number of nitrogens with two attached hydrogens (primary N) is 1. The Morgan fingerprint density at radius 2 is 2.67 bits per heavy atom. The largest absolute Gasteiger partial charge is 0.378 e. The van der Waals surface area contributed by atoms with E-state index in [0.717, 1.165) is 11.8 Å². The van der Waals surface area contributed by atoms with Gasteiger partial charge in [0.25, 0.3) is 0 Å². The van der Waals surface area contributed by atoms with Gasteiger partial charge in [0.15, 0.2) is 10.3 Å². The van der Waals surface area contributed by atoms with E-state index in [2.05, 4.69) is 9.97 Å². The summed E-state index contributed by atoms with van der Waals surface area (Å²) in [5.74, 6) is 0. The van der Waals surface area contributed by atoms with Gasteiger partial charge < -0.3 is 10.7 Å². The zero-order valence-electron chi connectivity index (χ0n) is 4.59. The van der Waals surface area contributed by atoms with E-state index in [1.807, 2.05) is 0 Å². The Bertz CT molecular complexity index is 192. The van der Waals surface area contributed by atoms with E-state index < -0.39 is 0 Å². The van der Waals surface area contributed by atoms with Crippen molar-refractivity contribution in [2.75, 3.05) is 0 Å². The standard InChI is InChI=1S/C4H6N4S/c5-3(6)9-4-7-1-2-8-4/h1-2H,(H3,5,6)(H,7,8). The lowest BCUT2D eigenvalue weighted by atomic mass is 11.0. The summed E-state index contributed by atoms with van der Waals surface area (Å²) in [5.41, 5.74) is 5.07. The van der Waals surface area contributed by atoms with Gasteiger partial charge in [-0.2, -0.15) is 0 Å². The molecule has 4 nitrogen and oxygen atoms in total. The molecular formula is C4H6N4S. The molecule has 0 aliphatic rings. The van der Waals surface area contributed by atoms with E-state index in [4.69, 9.17) is 11.1 Å². The molecule has 0 saturated carbocycles. The van der Waals surface area contributed by atoms with Crippen molar-refractivity contribution in [1.29, 1.82) is 5.41 Å². The zero-order valence-corrected chi connectivity index (χ0v) is 5.40. The smallest absolute Gasteiger partial charge is 0.173 e. The van der Waals surface area contributed by atoms with Gasteiger partial charge in [0.05, 0.1) is 0 Å². The SMILES string of the molecule is N=C(N)Sc1ncc[nH]1. The van der Waals surface area contributed by atoms with Crippen molar-refractivity contribution in [3.63, 3.8) is 0 Å². The monoisotopic (exact) mass is 142 g/mol. The third-order valence-corrected chi connectivity index (χ3v) is 1.32. The highest BCUT2D eigenvalue weighted by atomic mass is 32.2. The minimum absolute atomic E-state index is 0.0463. The molecule has 0 saturated heterocycles. The van der Waals surface area contributed by atoms with Crippen molar-refractivity contribution in [3.8, 4) is 0 Å². The van der Waals surface area contributed by atoms with E-state index in [0.29, 0.717) is 5.16 Å². The summed E-state index contributed by atoms with van der Waals surface area (Å²) in [5, 5.41) is 7.55. The van der Waals surface area contributed by atoms with E-state index in [1.54, 1.807) is 12.4 Å². The second-order valence-corrected chi connectivity index (χ2v) is 2.39. The number of H-pyrrole nitrogens is 1. The van der Waals surface area contributed by atoms with Gasteiger partial charge in [0.1, 0.15) is 0 Å². The number of aromatic nitrogens is 2. The molecule has 0 atom stereocenters. The summed E-state index contributed by atoms with van der Waals surface area (Å²) in [6.07, 6.45) is 3.30. The number of aromatic amines is 1. The first-order valence-electron chi connectivity index (χ1n) is 2.30. The molecule has 1 aromatic rings. The summed E-state index contributed by atoms with van der Waals surface area (Å²) in [4.78, 5) is 6.64. The minimum atomic E-state index is 0.0463. The molecule has 0 unspecified atom stereocenters. The molecule has 48 valence electrons. The van der Waals surface area contributed by atoms with Crippen LogP contribution in [0, 0.1) is 5.41 Å². The molecule has 0 radical (unpaired) electrons. The van der Waals surface area contributed by atoms with Crippen molar-refractivity contribution in [3.05, 3.63) is 12.4 Å². The van der Waals surface area contributed by atoms with Crippen molar-refractivity contribution >= 4 is 16.9 Å². The van der Waals surface area contributed by atoms with Gasteiger partial charge in [-0.3, -0.25) is 5.41 Å². The van der Waals surface area contributed by atoms with E-state index in [-0.39, 0.29) is 5.17 Å². The molecule has 9 heavy (non-hydrogen) atoms. The number of hydrogen-bond donors (Lipinski definition) is 3. The number of nitrogens with zero attached hydrogens (tertiary/aromatic N) is 1. The minimum Gasteiger partial charge on any atom is -0.378 e. The molecule has 0 aliphatic carbocycles. The Morgan fingerprint density at radius 3 is 3.11 bits per heavy atom. The Morgan fingerprint density at radius 1 is 1.89 bits per heavy atom. The molecule has 1 heterocycles. The van der Waals surface area contributed by atoms with Crippen LogP contribution in [-0.2, 0) is 0 Å². The van der Waals surface area contributed by atoms with Crippen LogP contribution in [0.1, 0.15) is 0 Å². The number of imidazole rings is 1. The van der Waals surface area contributed by atoms with Crippen molar-refractivity contribution in [2.24, 2.45) is 5.73 Å². The van der Waals surface area contributed by atoms with Crippen LogP contribution >= 0.6 is 11.8 Å². The van der Waals surface area contributed by atoms with E-state index >= 15 is 0 Å². The van der Waals surface area contributed by atoms with Crippen LogP contribution < -0.4 is 5.73 Å². The Hall–Kier alpha value is -0.970. The van der Waals surface area contributed by atoms with Crippen LogP contribution in [0.15, 0.2) is 17.6 Å². The average Bonchev–Trinajstić information content (AvgIpc) is 2.15. The molecule has 1 rings (SSSR count). The van der Waals surface area contributed by atoms with Gasteiger partial charge in [-0.05, 0) is 11.8 Å². The molecule has 0 aromatic carbocycles. The Labute approximate surface area is 56.4 Å². The van der Waals surface area contributed by atoms with Gasteiger partial charge in [-0.1, -0.05) is 0 Å². The third-order valence-electron chi connectivity index (χ3n) is 0.680. The Kier molecular flexibility index (Phi) is 1.74. The first-order valence-corrected chi connectivity index (χ1v) is 3.12. The number of hydrogen-bond acceptors (Lipinski definition) is 3. The number of amidine groups is 1. The van der Waals surface area contributed by atoms with Gasteiger partial charge in [0.2, 0.25) is 0 Å². The predicted octanol–water partition coefficient (Wildman–Crippen LogP) is 0.395. The van der Waals surface area contributed by atoms with Crippen LogP contribution in [0.5, 0.6) is 0 Å². The number of thioether (sulfide) groups is 1. The number of nitrogens with one attached hydrogen (secondary N) is 2. The van der Waals surface area contributed by atoms with Gasteiger partial charge in [-0.25, -0.2) is 4.98 Å². The maximum atomic E-state index is 6.85. The molecule has 0 fully saturated rings. The van der Waals surface area contributed by atoms with E-state index in [1.165, 1.54) is 0 Å². The molecule has 0 amide bonds. The topological polar surface area (TPSA) is 78.6 Å². The lowest BCUT2D eigenvalue weighted by Crippen LogP contribution is -2.03. The highest BCUT2D eigenvalue weighted by Crippen LogP contribution is 2.08. The Balaban J connectivity index is 2.58.